The van der Waals surface area contributed by atoms with E-state index in [1.807, 2.05) is 13.8 Å². The first-order chi connectivity index (χ1) is 4.80. The Bertz CT molecular complexity index is 147. The maximum atomic E-state index is 12.3. The van der Waals surface area contributed by atoms with Crippen LogP contribution in [0.15, 0.2) is 23.7 Å². The van der Waals surface area contributed by atoms with Gasteiger partial charge >= 0.3 is 0 Å². The monoisotopic (exact) mass is 143 g/mol. The van der Waals surface area contributed by atoms with Crippen LogP contribution in [0.1, 0.15) is 20.8 Å². The number of hydrogen-bond acceptors (Lipinski definition) is 1. The molecule has 0 atom stereocenters. The van der Waals surface area contributed by atoms with E-state index >= 15 is 0 Å². The summed E-state index contributed by atoms with van der Waals surface area (Å²) in [7, 11) is 0. The van der Waals surface area contributed by atoms with Gasteiger partial charge in [0.25, 0.3) is 0 Å². The Hall–Kier alpha value is -0.790. The second kappa shape index (κ2) is 5.03. The number of dihydropyridines is 1. The summed E-state index contributed by atoms with van der Waals surface area (Å²) in [6, 6.07) is 0. The van der Waals surface area contributed by atoms with Gasteiger partial charge in [0.1, 0.15) is 5.83 Å². The van der Waals surface area contributed by atoms with Crippen molar-refractivity contribution in [1.29, 1.82) is 0 Å². The van der Waals surface area contributed by atoms with Gasteiger partial charge in [-0.15, -0.1) is 0 Å². The SMILES string of the molecule is CC.CC1=C(F)CNC=C1. The molecule has 1 aliphatic heterocycles. The van der Waals surface area contributed by atoms with Gasteiger partial charge in [0.05, 0.1) is 6.54 Å². The van der Waals surface area contributed by atoms with Gasteiger partial charge in [-0.2, -0.15) is 0 Å². The molecule has 1 aliphatic rings. The van der Waals surface area contributed by atoms with Crippen LogP contribution in [-0.4, -0.2) is 6.54 Å². The van der Waals surface area contributed by atoms with Crippen molar-refractivity contribution in [2.75, 3.05) is 6.54 Å². The lowest BCUT2D eigenvalue weighted by Crippen LogP contribution is -2.11. The second-order valence-corrected chi connectivity index (χ2v) is 1.80. The summed E-state index contributed by atoms with van der Waals surface area (Å²) in [6.07, 6.45) is 3.47. The summed E-state index contributed by atoms with van der Waals surface area (Å²) < 4.78 is 12.3. The van der Waals surface area contributed by atoms with Gasteiger partial charge in [0, 0.05) is 0 Å². The van der Waals surface area contributed by atoms with E-state index in [4.69, 9.17) is 0 Å². The summed E-state index contributed by atoms with van der Waals surface area (Å²) in [5.74, 6) is -0.0625. The van der Waals surface area contributed by atoms with Crippen molar-refractivity contribution < 1.29 is 4.39 Å². The van der Waals surface area contributed by atoms with Crippen molar-refractivity contribution in [3.05, 3.63) is 23.7 Å². The van der Waals surface area contributed by atoms with Gasteiger partial charge in [0.15, 0.2) is 0 Å². The molecule has 0 unspecified atom stereocenters. The number of nitrogens with one attached hydrogen (secondary N) is 1. The molecule has 10 heavy (non-hydrogen) atoms. The lowest BCUT2D eigenvalue weighted by molar-refractivity contribution is 0.584. The molecule has 0 saturated heterocycles. The Labute approximate surface area is 61.6 Å². The fourth-order valence-corrected chi connectivity index (χ4v) is 0.562. The number of rotatable bonds is 0. The highest BCUT2D eigenvalue weighted by Gasteiger charge is 1.99. The molecular weight excluding hydrogens is 129 g/mol. The van der Waals surface area contributed by atoms with E-state index < -0.39 is 0 Å². The third-order valence-electron chi connectivity index (χ3n) is 1.14. The van der Waals surface area contributed by atoms with Gasteiger partial charge in [-0.3, -0.25) is 0 Å². The average Bonchev–Trinajstić information content (AvgIpc) is 2.00. The standard InChI is InChI=1S/C6H8FN.C2H6/c1-5-2-3-8-4-6(5)7;1-2/h2-3,8H,4H2,1H3;1-2H3. The Morgan fingerprint density at radius 2 is 2.10 bits per heavy atom. The maximum Gasteiger partial charge on any atom is 0.122 e. The smallest absolute Gasteiger partial charge is 0.122 e. The zero-order chi connectivity index (χ0) is 7.98. The molecule has 0 fully saturated rings. The topological polar surface area (TPSA) is 12.0 Å². The minimum absolute atomic E-state index is 0.0625. The van der Waals surface area contributed by atoms with Crippen LogP contribution in [0, 0.1) is 0 Å². The highest BCUT2D eigenvalue weighted by Crippen LogP contribution is 2.08. The summed E-state index contributed by atoms with van der Waals surface area (Å²) in [6.45, 7) is 6.11. The van der Waals surface area contributed by atoms with Crippen LogP contribution < -0.4 is 5.32 Å². The van der Waals surface area contributed by atoms with Gasteiger partial charge < -0.3 is 5.32 Å². The molecule has 0 amide bonds. The van der Waals surface area contributed by atoms with Crippen molar-refractivity contribution >= 4 is 0 Å². The highest BCUT2D eigenvalue weighted by molar-refractivity contribution is 5.23. The zero-order valence-corrected chi connectivity index (χ0v) is 6.74. The van der Waals surface area contributed by atoms with Crippen LogP contribution in [0.4, 0.5) is 4.39 Å². The van der Waals surface area contributed by atoms with Crippen LogP contribution in [0.5, 0.6) is 0 Å². The molecule has 0 radical (unpaired) electrons. The summed E-state index contributed by atoms with van der Waals surface area (Å²) in [4.78, 5) is 0. The normalized spacial score (nSPS) is 15.6. The molecular formula is C8H14FN. The van der Waals surface area contributed by atoms with E-state index in [-0.39, 0.29) is 5.83 Å². The van der Waals surface area contributed by atoms with Crippen molar-refractivity contribution in [2.24, 2.45) is 0 Å². The lowest BCUT2D eigenvalue weighted by atomic mass is 10.2. The number of allylic oxidation sites excluding steroid dienone is 2. The number of hydrogen-bond donors (Lipinski definition) is 1. The van der Waals surface area contributed by atoms with E-state index in [0.717, 1.165) is 5.57 Å². The molecule has 0 aromatic carbocycles. The molecule has 0 bridgehead atoms. The van der Waals surface area contributed by atoms with Crippen molar-refractivity contribution in [1.82, 2.24) is 5.32 Å². The van der Waals surface area contributed by atoms with Gasteiger partial charge in [-0.1, -0.05) is 13.8 Å². The summed E-state index contributed by atoms with van der Waals surface area (Å²) in [5.41, 5.74) is 0.726. The zero-order valence-electron chi connectivity index (χ0n) is 6.74. The van der Waals surface area contributed by atoms with Crippen LogP contribution in [0.25, 0.3) is 0 Å². The highest BCUT2D eigenvalue weighted by atomic mass is 19.1. The summed E-state index contributed by atoms with van der Waals surface area (Å²) in [5, 5.41) is 2.75. The minimum atomic E-state index is -0.0625. The van der Waals surface area contributed by atoms with Crippen molar-refractivity contribution in [3.8, 4) is 0 Å². The third-order valence-corrected chi connectivity index (χ3v) is 1.14. The predicted molar refractivity (Wildman–Crippen MR) is 42.3 cm³/mol. The molecule has 1 nitrogen and oxygen atoms in total. The molecule has 1 heterocycles. The second-order valence-electron chi connectivity index (χ2n) is 1.80. The number of halogens is 1. The Balaban J connectivity index is 0.000000371. The molecule has 1 rings (SSSR count). The first-order valence-corrected chi connectivity index (χ1v) is 3.56. The fraction of sp³-hybridized carbons (Fsp3) is 0.500. The van der Waals surface area contributed by atoms with Crippen molar-refractivity contribution in [2.45, 2.75) is 20.8 Å². The molecule has 1 N–H and O–H groups in total. The van der Waals surface area contributed by atoms with Crippen LogP contribution in [-0.2, 0) is 0 Å². The van der Waals surface area contributed by atoms with Gasteiger partial charge in [0.2, 0.25) is 0 Å². The van der Waals surface area contributed by atoms with Gasteiger partial charge in [-0.25, -0.2) is 4.39 Å². The third kappa shape index (κ3) is 2.67. The molecule has 2 heteroatoms. The fourth-order valence-electron chi connectivity index (χ4n) is 0.562. The van der Waals surface area contributed by atoms with E-state index in [0.29, 0.717) is 6.54 Å². The minimum Gasteiger partial charge on any atom is -0.384 e. The lowest BCUT2D eigenvalue weighted by Gasteiger charge is -2.05. The van der Waals surface area contributed by atoms with Crippen molar-refractivity contribution in [3.63, 3.8) is 0 Å². The molecule has 0 spiro atoms. The first kappa shape index (κ1) is 9.21. The Kier molecular flexibility index (Phi) is 4.63. The largest absolute Gasteiger partial charge is 0.384 e. The Morgan fingerprint density at radius 1 is 1.50 bits per heavy atom. The molecule has 0 aromatic heterocycles. The quantitative estimate of drug-likeness (QED) is 0.549. The van der Waals surface area contributed by atoms with E-state index in [9.17, 15) is 4.39 Å². The van der Waals surface area contributed by atoms with Crippen LogP contribution >= 0.6 is 0 Å². The first-order valence-electron chi connectivity index (χ1n) is 3.56. The molecule has 58 valence electrons. The van der Waals surface area contributed by atoms with Gasteiger partial charge in [-0.05, 0) is 24.8 Å². The van der Waals surface area contributed by atoms with E-state index in [1.165, 1.54) is 0 Å². The summed E-state index contributed by atoms with van der Waals surface area (Å²) >= 11 is 0. The van der Waals surface area contributed by atoms with E-state index in [1.54, 1.807) is 19.2 Å². The predicted octanol–water partition coefficient (Wildman–Crippen LogP) is 2.37. The van der Waals surface area contributed by atoms with E-state index in [2.05, 4.69) is 5.32 Å². The maximum absolute atomic E-state index is 12.3. The van der Waals surface area contributed by atoms with Crippen LogP contribution in [0.2, 0.25) is 0 Å². The molecule has 0 aromatic rings. The molecule has 0 saturated carbocycles. The Morgan fingerprint density at radius 3 is 2.40 bits per heavy atom. The average molecular weight is 143 g/mol. The molecule has 0 aliphatic carbocycles. The van der Waals surface area contributed by atoms with Crippen LogP contribution in [0.3, 0.4) is 0 Å².